The van der Waals surface area contributed by atoms with Crippen molar-refractivity contribution in [1.29, 1.82) is 0 Å². The molecule has 8 heteroatoms. The van der Waals surface area contributed by atoms with E-state index in [0.717, 1.165) is 50.6 Å². The first-order chi connectivity index (χ1) is 13.7. The minimum absolute atomic E-state index is 0. The van der Waals surface area contributed by atoms with E-state index in [4.69, 9.17) is 14.2 Å². The van der Waals surface area contributed by atoms with Crippen LogP contribution in [-0.2, 0) is 11.3 Å². The molecule has 29 heavy (non-hydrogen) atoms. The fraction of sp³-hybridized carbons (Fsp3) is 0.476. The highest BCUT2D eigenvalue weighted by Crippen LogP contribution is 2.31. The summed E-state index contributed by atoms with van der Waals surface area (Å²) in [7, 11) is 1.61. The zero-order valence-corrected chi connectivity index (χ0v) is 17.7. The molecule has 2 aromatic rings. The Bertz CT molecular complexity index is 780. The molecule has 1 aliphatic heterocycles. The Morgan fingerprint density at radius 1 is 1.21 bits per heavy atom. The average molecular weight is 422 g/mol. The number of aromatic nitrogens is 2. The molecule has 0 bridgehead atoms. The van der Waals surface area contributed by atoms with Crippen LogP contribution in [0.25, 0.3) is 0 Å². The van der Waals surface area contributed by atoms with Gasteiger partial charge in [0, 0.05) is 26.7 Å². The Labute approximate surface area is 177 Å². The summed E-state index contributed by atoms with van der Waals surface area (Å²) in [5.74, 6) is 2.12. The van der Waals surface area contributed by atoms with Crippen LogP contribution < -0.4 is 14.8 Å². The number of rotatable bonds is 9. The van der Waals surface area contributed by atoms with Crippen LogP contribution in [0.5, 0.6) is 17.4 Å². The first kappa shape index (κ1) is 23.1. The van der Waals surface area contributed by atoms with Crippen molar-refractivity contribution in [3.63, 3.8) is 0 Å². The summed E-state index contributed by atoms with van der Waals surface area (Å²) < 4.78 is 16.6. The van der Waals surface area contributed by atoms with Crippen LogP contribution in [0.15, 0.2) is 30.6 Å². The molecule has 1 fully saturated rings. The Morgan fingerprint density at radius 2 is 2.00 bits per heavy atom. The van der Waals surface area contributed by atoms with Gasteiger partial charge in [0.1, 0.15) is 5.69 Å². The lowest BCUT2D eigenvalue weighted by Gasteiger charge is -2.22. The minimum Gasteiger partial charge on any atom is -0.493 e. The molecule has 1 saturated heterocycles. The second-order valence-corrected chi connectivity index (χ2v) is 6.90. The number of nitrogens with zero attached hydrogens (tertiary/aromatic N) is 2. The topological polar surface area (TPSA) is 82.6 Å². The third kappa shape index (κ3) is 6.96. The van der Waals surface area contributed by atoms with Gasteiger partial charge < -0.3 is 19.5 Å². The highest BCUT2D eigenvalue weighted by molar-refractivity contribution is 5.91. The summed E-state index contributed by atoms with van der Waals surface area (Å²) in [5.41, 5.74) is 1.43. The van der Waals surface area contributed by atoms with Gasteiger partial charge in [0.2, 0.25) is 5.88 Å². The zero-order chi connectivity index (χ0) is 19.8. The van der Waals surface area contributed by atoms with Crippen molar-refractivity contribution in [3.8, 4) is 17.4 Å². The Kier molecular flexibility index (Phi) is 9.31. The molecular weight excluding hydrogens is 394 g/mol. The van der Waals surface area contributed by atoms with Crippen molar-refractivity contribution in [2.24, 2.45) is 5.92 Å². The Morgan fingerprint density at radius 3 is 2.66 bits per heavy atom. The molecular formula is C21H28ClN3O4. The summed E-state index contributed by atoms with van der Waals surface area (Å²) in [6.07, 6.45) is 6.34. The smallest absolute Gasteiger partial charge is 0.238 e. The highest BCUT2D eigenvalue weighted by Gasteiger charge is 2.13. The minimum atomic E-state index is -0.134. The third-order valence-electron chi connectivity index (χ3n) is 4.83. The van der Waals surface area contributed by atoms with Crippen LogP contribution in [0, 0.1) is 5.92 Å². The van der Waals surface area contributed by atoms with Crippen molar-refractivity contribution < 1.29 is 19.0 Å². The lowest BCUT2D eigenvalue weighted by atomic mass is 9.97. The number of nitrogens with one attached hydrogen (secondary N) is 1. The zero-order valence-electron chi connectivity index (χ0n) is 16.8. The molecule has 1 aromatic heterocycles. The van der Waals surface area contributed by atoms with Gasteiger partial charge in [0.25, 0.3) is 0 Å². The van der Waals surface area contributed by atoms with Crippen molar-refractivity contribution in [3.05, 3.63) is 41.9 Å². The molecule has 0 amide bonds. The quantitative estimate of drug-likeness (QED) is 0.487. The number of benzene rings is 1. The van der Waals surface area contributed by atoms with Gasteiger partial charge in [-0.05, 0) is 49.4 Å². The molecule has 0 radical (unpaired) electrons. The molecule has 0 aliphatic carbocycles. The SMILES string of the molecule is COc1cc(CNCCC2CCOCC2)ccc1Oc1cnc(C(C)=O)cn1.Cl. The Hall–Kier alpha value is -2.22. The summed E-state index contributed by atoms with van der Waals surface area (Å²) in [6, 6.07) is 5.81. The second-order valence-electron chi connectivity index (χ2n) is 6.90. The van der Waals surface area contributed by atoms with Crippen LogP contribution >= 0.6 is 12.4 Å². The summed E-state index contributed by atoms with van der Waals surface area (Å²) in [6.45, 7) is 5.00. The summed E-state index contributed by atoms with van der Waals surface area (Å²) >= 11 is 0. The normalized spacial score (nSPS) is 14.1. The van der Waals surface area contributed by atoms with Gasteiger partial charge in [0.05, 0.1) is 19.5 Å². The summed E-state index contributed by atoms with van der Waals surface area (Å²) in [5, 5.41) is 3.49. The maximum atomic E-state index is 11.3. The average Bonchev–Trinajstić information content (AvgIpc) is 2.73. The fourth-order valence-corrected chi connectivity index (χ4v) is 3.14. The summed E-state index contributed by atoms with van der Waals surface area (Å²) in [4.78, 5) is 19.4. The number of Topliss-reactive ketones (excluding diaryl/α,β-unsaturated/α-hetero) is 1. The highest BCUT2D eigenvalue weighted by atomic mass is 35.5. The van der Waals surface area contributed by atoms with Crippen molar-refractivity contribution in [2.45, 2.75) is 32.7 Å². The lowest BCUT2D eigenvalue weighted by molar-refractivity contribution is 0.0639. The maximum absolute atomic E-state index is 11.3. The molecule has 1 aromatic carbocycles. The van der Waals surface area contributed by atoms with E-state index in [1.165, 1.54) is 25.7 Å². The van der Waals surface area contributed by atoms with E-state index in [-0.39, 0.29) is 18.2 Å². The van der Waals surface area contributed by atoms with E-state index >= 15 is 0 Å². The maximum Gasteiger partial charge on any atom is 0.238 e. The van der Waals surface area contributed by atoms with Gasteiger partial charge in [-0.3, -0.25) is 4.79 Å². The number of carbonyl (C=O) groups is 1. The van der Waals surface area contributed by atoms with Gasteiger partial charge in [-0.1, -0.05) is 6.07 Å². The number of ketones is 1. The van der Waals surface area contributed by atoms with Crippen LogP contribution in [-0.4, -0.2) is 42.6 Å². The molecule has 1 aliphatic rings. The van der Waals surface area contributed by atoms with Crippen molar-refractivity contribution >= 4 is 18.2 Å². The number of hydrogen-bond donors (Lipinski definition) is 1. The molecule has 0 unspecified atom stereocenters. The number of halogens is 1. The van der Waals surface area contributed by atoms with Gasteiger partial charge in [-0.25, -0.2) is 9.97 Å². The first-order valence-electron chi connectivity index (χ1n) is 9.62. The number of carbonyl (C=O) groups excluding carboxylic acids is 1. The van der Waals surface area contributed by atoms with Gasteiger partial charge in [0.15, 0.2) is 17.3 Å². The number of methoxy groups -OCH3 is 1. The van der Waals surface area contributed by atoms with Gasteiger partial charge in [-0.15, -0.1) is 12.4 Å². The van der Waals surface area contributed by atoms with Crippen LogP contribution in [0.3, 0.4) is 0 Å². The predicted octanol–water partition coefficient (Wildman–Crippen LogP) is 3.81. The molecule has 3 rings (SSSR count). The second kappa shape index (κ2) is 11.7. The van der Waals surface area contributed by atoms with E-state index in [9.17, 15) is 4.79 Å². The standard InChI is InChI=1S/C21H27N3O4.ClH/c1-15(25)18-13-24-21(14-23-18)28-19-4-3-17(11-20(19)26-2)12-22-8-5-16-6-9-27-10-7-16;/h3-4,11,13-14,16,22H,5-10,12H2,1-2H3;1H. The van der Waals surface area contributed by atoms with Crippen molar-refractivity contribution in [2.75, 3.05) is 26.9 Å². The van der Waals surface area contributed by atoms with Gasteiger partial charge >= 0.3 is 0 Å². The third-order valence-corrected chi connectivity index (χ3v) is 4.83. The van der Waals surface area contributed by atoms with Crippen LogP contribution in [0.1, 0.15) is 42.2 Å². The molecule has 0 saturated carbocycles. The molecule has 7 nitrogen and oxygen atoms in total. The fourth-order valence-electron chi connectivity index (χ4n) is 3.14. The predicted molar refractivity (Wildman–Crippen MR) is 112 cm³/mol. The number of ether oxygens (including phenoxy) is 3. The van der Waals surface area contributed by atoms with Crippen LogP contribution in [0.4, 0.5) is 0 Å². The van der Waals surface area contributed by atoms with E-state index in [2.05, 4.69) is 15.3 Å². The molecule has 2 heterocycles. The van der Waals surface area contributed by atoms with Crippen molar-refractivity contribution in [1.82, 2.24) is 15.3 Å². The largest absolute Gasteiger partial charge is 0.493 e. The Balaban J connectivity index is 0.00000300. The van der Waals surface area contributed by atoms with E-state index in [1.807, 2.05) is 18.2 Å². The van der Waals surface area contributed by atoms with E-state index in [0.29, 0.717) is 23.1 Å². The van der Waals surface area contributed by atoms with Crippen LogP contribution in [0.2, 0.25) is 0 Å². The van der Waals surface area contributed by atoms with Gasteiger partial charge in [-0.2, -0.15) is 0 Å². The molecule has 0 spiro atoms. The van der Waals surface area contributed by atoms with E-state index < -0.39 is 0 Å². The number of hydrogen-bond acceptors (Lipinski definition) is 7. The molecule has 1 N–H and O–H groups in total. The lowest BCUT2D eigenvalue weighted by Crippen LogP contribution is -2.22. The van der Waals surface area contributed by atoms with E-state index in [1.54, 1.807) is 7.11 Å². The monoisotopic (exact) mass is 421 g/mol. The molecule has 158 valence electrons. The first-order valence-corrected chi connectivity index (χ1v) is 9.62. The molecule has 0 atom stereocenters.